The zero-order chi connectivity index (χ0) is 25.4. The second-order valence-corrected chi connectivity index (χ2v) is 11.5. The van der Waals surface area contributed by atoms with Gasteiger partial charge in [0.1, 0.15) is 0 Å². The number of benzene rings is 3. The second-order valence-electron chi connectivity index (χ2n) is 9.70. The monoisotopic (exact) mass is 500 g/mol. The zero-order valence-electron chi connectivity index (χ0n) is 21.0. The highest BCUT2D eigenvalue weighted by atomic mass is 32.2. The van der Waals surface area contributed by atoms with Crippen molar-refractivity contribution >= 4 is 26.8 Å². The van der Waals surface area contributed by atoms with E-state index in [2.05, 4.69) is 30.0 Å². The van der Waals surface area contributed by atoms with Crippen LogP contribution in [0.15, 0.2) is 83.9 Å². The normalized spacial score (nSPS) is 16.5. The number of rotatable bonds is 6. The van der Waals surface area contributed by atoms with E-state index >= 15 is 0 Å². The van der Waals surface area contributed by atoms with E-state index in [-0.39, 0.29) is 22.9 Å². The molecule has 5 nitrogen and oxygen atoms in total. The Kier molecular flexibility index (Phi) is 6.47. The molecule has 5 rings (SSSR count). The molecule has 36 heavy (non-hydrogen) atoms. The molecule has 4 aromatic rings. The third kappa shape index (κ3) is 4.24. The predicted molar refractivity (Wildman–Crippen MR) is 144 cm³/mol. The van der Waals surface area contributed by atoms with Crippen molar-refractivity contribution < 1.29 is 13.2 Å². The molecule has 3 aromatic carbocycles. The Hall–Kier alpha value is -3.38. The predicted octanol–water partition coefficient (Wildman–Crippen LogP) is 6.04. The van der Waals surface area contributed by atoms with Gasteiger partial charge in [0.15, 0.2) is 0 Å². The van der Waals surface area contributed by atoms with E-state index in [9.17, 15) is 13.2 Å². The van der Waals surface area contributed by atoms with Crippen molar-refractivity contribution in [3.05, 3.63) is 101 Å². The van der Waals surface area contributed by atoms with Gasteiger partial charge in [-0.1, -0.05) is 61.0 Å². The van der Waals surface area contributed by atoms with Crippen LogP contribution in [0.1, 0.15) is 55.0 Å². The fraction of sp³-hybridized carbons (Fsp3) is 0.300. The Morgan fingerprint density at radius 2 is 1.75 bits per heavy atom. The number of hydrogen-bond acceptors (Lipinski definition) is 3. The van der Waals surface area contributed by atoms with E-state index in [0.717, 1.165) is 34.9 Å². The average molecular weight is 501 g/mol. The first kappa shape index (κ1) is 24.3. The van der Waals surface area contributed by atoms with Crippen LogP contribution in [0.3, 0.4) is 0 Å². The molecule has 1 heterocycles. The van der Waals surface area contributed by atoms with Gasteiger partial charge in [-0.2, -0.15) is 0 Å². The van der Waals surface area contributed by atoms with Crippen LogP contribution in [0.2, 0.25) is 0 Å². The minimum Gasteiger partial charge on any atom is -0.333 e. The van der Waals surface area contributed by atoms with Gasteiger partial charge in [-0.15, -0.1) is 0 Å². The summed E-state index contributed by atoms with van der Waals surface area (Å²) >= 11 is 0. The molecule has 0 spiro atoms. The molecule has 0 bridgehead atoms. The van der Waals surface area contributed by atoms with Crippen molar-refractivity contribution in [2.75, 3.05) is 0 Å². The molecule has 2 atom stereocenters. The molecule has 1 aromatic heterocycles. The van der Waals surface area contributed by atoms with Gasteiger partial charge in [0.2, 0.25) is 5.91 Å². The fourth-order valence-electron chi connectivity index (χ4n) is 5.51. The largest absolute Gasteiger partial charge is 0.333 e. The van der Waals surface area contributed by atoms with E-state index in [4.69, 9.17) is 0 Å². The van der Waals surface area contributed by atoms with E-state index < -0.39 is 10.0 Å². The third-order valence-corrected chi connectivity index (χ3v) is 9.20. The Bertz CT molecular complexity index is 1510. The lowest BCUT2D eigenvalue weighted by Gasteiger charge is -2.39. The fourth-order valence-corrected chi connectivity index (χ4v) is 6.86. The van der Waals surface area contributed by atoms with Gasteiger partial charge in [-0.05, 0) is 74.1 Å². The minimum atomic E-state index is -3.71. The number of amides is 1. The van der Waals surface area contributed by atoms with E-state index in [0.29, 0.717) is 18.4 Å². The number of carbonyl (C=O) groups is 1. The van der Waals surface area contributed by atoms with Crippen LogP contribution >= 0.6 is 0 Å². The summed E-state index contributed by atoms with van der Waals surface area (Å²) in [6.07, 6.45) is 4.58. The lowest BCUT2D eigenvalue weighted by Crippen LogP contribution is -2.44. The summed E-state index contributed by atoms with van der Waals surface area (Å²) in [5.41, 5.74) is 5.21. The Labute approximate surface area is 213 Å². The molecule has 0 unspecified atom stereocenters. The maximum atomic E-state index is 13.4. The van der Waals surface area contributed by atoms with Crippen LogP contribution < -0.4 is 0 Å². The Balaban J connectivity index is 1.53. The quantitative estimate of drug-likeness (QED) is 0.324. The molecule has 1 amide bonds. The molecule has 1 aliphatic rings. The molecule has 0 N–H and O–H groups in total. The van der Waals surface area contributed by atoms with Gasteiger partial charge in [-0.25, -0.2) is 12.4 Å². The number of nitrogens with zero attached hydrogens (tertiary/aromatic N) is 2. The molecule has 0 saturated carbocycles. The summed E-state index contributed by atoms with van der Waals surface area (Å²) in [5, 5.41) is 0.948. The van der Waals surface area contributed by atoms with Gasteiger partial charge in [0.05, 0.1) is 16.5 Å². The summed E-state index contributed by atoms with van der Waals surface area (Å²) in [4.78, 5) is 15.5. The topological polar surface area (TPSA) is 59.4 Å². The molecular formula is C30H32N2O3S. The first-order valence-corrected chi connectivity index (χ1v) is 14.1. The second kappa shape index (κ2) is 9.58. The van der Waals surface area contributed by atoms with Gasteiger partial charge >= 0.3 is 0 Å². The molecule has 0 saturated heterocycles. The van der Waals surface area contributed by atoms with Crippen molar-refractivity contribution in [2.45, 2.75) is 63.4 Å². The first-order chi connectivity index (χ1) is 17.3. The molecule has 0 fully saturated rings. The molecular weight excluding hydrogens is 468 g/mol. The first-order valence-electron chi connectivity index (χ1n) is 12.6. The van der Waals surface area contributed by atoms with Crippen LogP contribution in [-0.4, -0.2) is 29.2 Å². The highest BCUT2D eigenvalue weighted by Gasteiger charge is 2.32. The maximum Gasteiger partial charge on any atom is 0.268 e. The van der Waals surface area contributed by atoms with Crippen molar-refractivity contribution in [3.8, 4) is 0 Å². The maximum absolute atomic E-state index is 13.4. The van der Waals surface area contributed by atoms with Crippen LogP contribution in [0.4, 0.5) is 0 Å². The van der Waals surface area contributed by atoms with Gasteiger partial charge in [0.25, 0.3) is 10.0 Å². The molecule has 0 radical (unpaired) electrons. The molecule has 6 heteroatoms. The van der Waals surface area contributed by atoms with Crippen LogP contribution in [0.25, 0.3) is 10.9 Å². The summed E-state index contributed by atoms with van der Waals surface area (Å²) in [6.45, 7) is 5.96. The summed E-state index contributed by atoms with van der Waals surface area (Å²) in [5.74, 6) is 0.145. The number of aryl methyl sites for hydroxylation is 2. The van der Waals surface area contributed by atoms with E-state index in [1.807, 2.05) is 56.3 Å². The van der Waals surface area contributed by atoms with E-state index in [1.54, 1.807) is 18.3 Å². The van der Waals surface area contributed by atoms with Crippen molar-refractivity contribution in [2.24, 2.45) is 0 Å². The summed E-state index contributed by atoms with van der Waals surface area (Å²) < 4.78 is 28.3. The molecule has 1 aliphatic carbocycles. The Morgan fingerprint density at radius 1 is 1.03 bits per heavy atom. The number of aromatic nitrogens is 1. The highest BCUT2D eigenvalue weighted by Crippen LogP contribution is 2.35. The lowest BCUT2D eigenvalue weighted by molar-refractivity contribution is -0.136. The number of carbonyl (C=O) groups excluding carboxylic acids is 1. The highest BCUT2D eigenvalue weighted by molar-refractivity contribution is 7.90. The van der Waals surface area contributed by atoms with Crippen molar-refractivity contribution in [3.63, 3.8) is 0 Å². The summed E-state index contributed by atoms with van der Waals surface area (Å²) in [6, 6.07) is 23.0. The summed E-state index contributed by atoms with van der Waals surface area (Å²) in [7, 11) is -3.71. The Morgan fingerprint density at radius 3 is 2.44 bits per heavy atom. The SMILES string of the molecule is CCC(=O)N([C@@H]1CCc2ccc3c(ccn3S(=O)(=O)c3ccc(C)cc3)c2C1)[C@@H](C)c1ccccc1. The van der Waals surface area contributed by atoms with Crippen LogP contribution in [0, 0.1) is 6.92 Å². The lowest BCUT2D eigenvalue weighted by atomic mass is 9.84. The van der Waals surface area contributed by atoms with Gasteiger partial charge in [0, 0.05) is 24.0 Å². The average Bonchev–Trinajstić information content (AvgIpc) is 3.35. The van der Waals surface area contributed by atoms with Crippen LogP contribution in [-0.2, 0) is 27.7 Å². The minimum absolute atomic E-state index is 0.0316. The number of fused-ring (bicyclic) bond motifs is 3. The third-order valence-electron chi connectivity index (χ3n) is 7.49. The smallest absolute Gasteiger partial charge is 0.268 e. The molecule has 0 aliphatic heterocycles. The van der Waals surface area contributed by atoms with Gasteiger partial charge in [-0.3, -0.25) is 4.79 Å². The van der Waals surface area contributed by atoms with Crippen molar-refractivity contribution in [1.82, 2.24) is 8.87 Å². The van der Waals surface area contributed by atoms with E-state index in [1.165, 1.54) is 9.54 Å². The van der Waals surface area contributed by atoms with Gasteiger partial charge < -0.3 is 4.90 Å². The van der Waals surface area contributed by atoms with Crippen LogP contribution in [0.5, 0.6) is 0 Å². The standard InChI is InChI=1S/C30H32N2O3S/c1-4-30(33)32(22(3)23-8-6-5-7-9-23)25-14-12-24-13-17-29-27(28(24)20-25)18-19-31(29)36(34,35)26-15-10-21(2)11-16-26/h5-11,13,15-19,22,25H,4,12,14,20H2,1-3H3/t22-,25+/m0/s1. The van der Waals surface area contributed by atoms with Crippen molar-refractivity contribution in [1.29, 1.82) is 0 Å². The zero-order valence-corrected chi connectivity index (χ0v) is 21.8. The molecule has 186 valence electrons. The number of hydrogen-bond donors (Lipinski definition) is 0.